The summed E-state index contributed by atoms with van der Waals surface area (Å²) in [5, 5.41) is 13.8. The molecule has 1 aromatic rings. The van der Waals surface area contributed by atoms with Crippen molar-refractivity contribution in [2.45, 2.75) is 31.7 Å². The Morgan fingerprint density at radius 2 is 2.35 bits per heavy atom. The minimum absolute atomic E-state index is 0.0854. The summed E-state index contributed by atoms with van der Waals surface area (Å²) in [5.74, 6) is 0.513. The summed E-state index contributed by atoms with van der Waals surface area (Å²) in [6.07, 6.45) is 4.64. The van der Waals surface area contributed by atoms with Crippen LogP contribution in [-0.2, 0) is 0 Å². The third-order valence-electron chi connectivity index (χ3n) is 3.24. The fourth-order valence-electron chi connectivity index (χ4n) is 1.88. The van der Waals surface area contributed by atoms with Gasteiger partial charge in [0, 0.05) is 23.8 Å². The molecular formula is C11H16N4O2. The normalized spacial score (nSPS) is 17.3. The van der Waals surface area contributed by atoms with Gasteiger partial charge in [0.25, 0.3) is 5.69 Å². The molecule has 2 rings (SSSR count). The van der Waals surface area contributed by atoms with Crippen molar-refractivity contribution in [1.82, 2.24) is 4.98 Å². The second-order valence-corrected chi connectivity index (χ2v) is 4.68. The van der Waals surface area contributed by atoms with Crippen LogP contribution in [0.1, 0.15) is 24.8 Å². The van der Waals surface area contributed by atoms with Crippen molar-refractivity contribution < 1.29 is 4.92 Å². The highest BCUT2D eigenvalue weighted by molar-refractivity contribution is 5.49. The van der Waals surface area contributed by atoms with Gasteiger partial charge in [-0.15, -0.1) is 0 Å². The second-order valence-electron chi connectivity index (χ2n) is 4.68. The largest absolute Gasteiger partial charge is 0.368 e. The molecule has 6 heteroatoms. The van der Waals surface area contributed by atoms with Gasteiger partial charge in [0.15, 0.2) is 0 Å². The van der Waals surface area contributed by atoms with Crippen LogP contribution in [0.15, 0.2) is 12.3 Å². The zero-order valence-electron chi connectivity index (χ0n) is 9.77. The molecule has 0 saturated heterocycles. The Morgan fingerprint density at radius 3 is 2.88 bits per heavy atom. The zero-order valence-corrected chi connectivity index (χ0v) is 9.77. The van der Waals surface area contributed by atoms with Gasteiger partial charge in [-0.2, -0.15) is 0 Å². The lowest BCUT2D eigenvalue weighted by Crippen LogP contribution is -2.52. The van der Waals surface area contributed by atoms with Crippen molar-refractivity contribution in [3.63, 3.8) is 0 Å². The van der Waals surface area contributed by atoms with E-state index < -0.39 is 4.92 Å². The van der Waals surface area contributed by atoms with Crippen LogP contribution in [0.25, 0.3) is 0 Å². The van der Waals surface area contributed by atoms with Crippen molar-refractivity contribution in [2.24, 2.45) is 5.73 Å². The van der Waals surface area contributed by atoms with Crippen molar-refractivity contribution in [1.29, 1.82) is 0 Å². The minimum Gasteiger partial charge on any atom is -0.368 e. The average molecular weight is 236 g/mol. The topological polar surface area (TPSA) is 94.1 Å². The summed E-state index contributed by atoms with van der Waals surface area (Å²) in [7, 11) is 0. The number of pyridine rings is 1. The van der Waals surface area contributed by atoms with Crippen molar-refractivity contribution in [3.8, 4) is 0 Å². The lowest BCUT2D eigenvalue weighted by molar-refractivity contribution is -0.385. The highest BCUT2D eigenvalue weighted by Gasteiger charge is 2.32. The zero-order chi connectivity index (χ0) is 12.5. The predicted molar refractivity (Wildman–Crippen MR) is 64.9 cm³/mol. The van der Waals surface area contributed by atoms with Crippen LogP contribution < -0.4 is 11.1 Å². The van der Waals surface area contributed by atoms with Gasteiger partial charge in [-0.05, 0) is 26.2 Å². The lowest BCUT2D eigenvalue weighted by Gasteiger charge is -2.38. The van der Waals surface area contributed by atoms with Crippen LogP contribution >= 0.6 is 0 Å². The average Bonchev–Trinajstić information content (AvgIpc) is 2.25. The first-order chi connectivity index (χ1) is 8.00. The lowest BCUT2D eigenvalue weighted by atomic mass is 9.78. The van der Waals surface area contributed by atoms with Crippen molar-refractivity contribution in [2.75, 3.05) is 11.9 Å². The number of aryl methyl sites for hydroxylation is 1. The number of hydrogen-bond acceptors (Lipinski definition) is 5. The number of anilines is 1. The first-order valence-corrected chi connectivity index (χ1v) is 5.64. The first-order valence-electron chi connectivity index (χ1n) is 5.64. The van der Waals surface area contributed by atoms with Gasteiger partial charge >= 0.3 is 0 Å². The monoisotopic (exact) mass is 236 g/mol. The summed E-state index contributed by atoms with van der Waals surface area (Å²) >= 11 is 0. The maximum Gasteiger partial charge on any atom is 0.277 e. The van der Waals surface area contributed by atoms with Crippen LogP contribution in [0.4, 0.5) is 11.5 Å². The van der Waals surface area contributed by atoms with E-state index in [4.69, 9.17) is 5.73 Å². The Labute approximate surface area is 99.4 Å². The Hall–Kier alpha value is -1.69. The fourth-order valence-corrected chi connectivity index (χ4v) is 1.88. The van der Waals surface area contributed by atoms with E-state index in [9.17, 15) is 10.1 Å². The molecule has 0 amide bonds. The Kier molecular flexibility index (Phi) is 2.97. The number of hydrogen-bond donors (Lipinski definition) is 2. The highest BCUT2D eigenvalue weighted by atomic mass is 16.6. The standard InChI is InChI=1S/C11H16N4O2/c1-8-6-13-10(5-9(8)15(16)17)14-7-11(12)3-2-4-11/h5-6H,2-4,7,12H2,1H3,(H,13,14). The molecule has 17 heavy (non-hydrogen) atoms. The molecule has 0 bridgehead atoms. The molecule has 92 valence electrons. The predicted octanol–water partition coefficient (Wildman–Crippen LogP) is 1.59. The molecule has 1 aliphatic rings. The Morgan fingerprint density at radius 1 is 1.65 bits per heavy atom. The van der Waals surface area contributed by atoms with E-state index in [1.165, 1.54) is 12.3 Å². The van der Waals surface area contributed by atoms with Crippen LogP contribution in [-0.4, -0.2) is 22.0 Å². The number of aromatic nitrogens is 1. The molecule has 1 aliphatic carbocycles. The number of nitrogens with zero attached hydrogens (tertiary/aromatic N) is 2. The van der Waals surface area contributed by atoms with Crippen molar-refractivity contribution in [3.05, 3.63) is 27.9 Å². The molecule has 0 spiro atoms. The van der Waals surface area contributed by atoms with E-state index in [0.717, 1.165) is 19.3 Å². The van der Waals surface area contributed by atoms with Gasteiger partial charge in [0.1, 0.15) is 5.82 Å². The summed E-state index contributed by atoms with van der Waals surface area (Å²) in [5.41, 5.74) is 6.54. The molecule has 0 unspecified atom stereocenters. The maximum atomic E-state index is 10.8. The SMILES string of the molecule is Cc1cnc(NCC2(N)CCC2)cc1[N+](=O)[O-]. The first kappa shape index (κ1) is 11.8. The Bertz CT molecular complexity index is 443. The van der Waals surface area contributed by atoms with E-state index in [1.54, 1.807) is 6.92 Å². The Balaban J connectivity index is 2.06. The molecule has 0 aliphatic heterocycles. The van der Waals surface area contributed by atoms with Gasteiger partial charge in [-0.1, -0.05) is 0 Å². The second kappa shape index (κ2) is 4.29. The summed E-state index contributed by atoms with van der Waals surface area (Å²) in [4.78, 5) is 14.5. The summed E-state index contributed by atoms with van der Waals surface area (Å²) < 4.78 is 0. The number of nitrogens with two attached hydrogens (primary N) is 1. The quantitative estimate of drug-likeness (QED) is 0.611. The van der Waals surface area contributed by atoms with Crippen LogP contribution in [0.3, 0.4) is 0 Å². The summed E-state index contributed by atoms with van der Waals surface area (Å²) in [6.45, 7) is 2.28. The smallest absolute Gasteiger partial charge is 0.277 e. The van der Waals surface area contributed by atoms with E-state index in [2.05, 4.69) is 10.3 Å². The van der Waals surface area contributed by atoms with Gasteiger partial charge in [-0.3, -0.25) is 10.1 Å². The molecule has 1 fully saturated rings. The molecular weight excluding hydrogens is 220 g/mol. The molecule has 1 saturated carbocycles. The van der Waals surface area contributed by atoms with Gasteiger partial charge in [0.05, 0.1) is 11.0 Å². The molecule has 1 heterocycles. The number of nitrogens with one attached hydrogen (secondary N) is 1. The van der Waals surface area contributed by atoms with Gasteiger partial charge < -0.3 is 11.1 Å². The third kappa shape index (κ3) is 2.52. The number of nitro groups is 1. The highest BCUT2D eigenvalue weighted by Crippen LogP contribution is 2.29. The molecule has 0 radical (unpaired) electrons. The summed E-state index contributed by atoms with van der Waals surface area (Å²) in [6, 6.07) is 1.46. The molecule has 3 N–H and O–H groups in total. The van der Waals surface area contributed by atoms with Gasteiger partial charge in [0.2, 0.25) is 0 Å². The third-order valence-corrected chi connectivity index (χ3v) is 3.24. The number of rotatable bonds is 4. The fraction of sp³-hybridized carbons (Fsp3) is 0.545. The molecule has 0 atom stereocenters. The van der Waals surface area contributed by atoms with Crippen LogP contribution in [0.2, 0.25) is 0 Å². The molecule has 1 aromatic heterocycles. The molecule has 6 nitrogen and oxygen atoms in total. The van der Waals surface area contributed by atoms with Crippen LogP contribution in [0, 0.1) is 17.0 Å². The van der Waals surface area contributed by atoms with Crippen molar-refractivity contribution >= 4 is 11.5 Å². The van der Waals surface area contributed by atoms with E-state index in [1.807, 2.05) is 0 Å². The minimum atomic E-state index is -0.399. The maximum absolute atomic E-state index is 10.8. The van der Waals surface area contributed by atoms with E-state index >= 15 is 0 Å². The van der Waals surface area contributed by atoms with Gasteiger partial charge in [-0.25, -0.2) is 4.98 Å². The van der Waals surface area contributed by atoms with E-state index in [-0.39, 0.29) is 11.2 Å². The van der Waals surface area contributed by atoms with E-state index in [0.29, 0.717) is 17.9 Å². The van der Waals surface area contributed by atoms with Crippen LogP contribution in [0.5, 0.6) is 0 Å². The molecule has 0 aromatic carbocycles.